The smallest absolute Gasteiger partial charge is 0.306 e. The molecule has 1 amide bonds. The highest BCUT2D eigenvalue weighted by Crippen LogP contribution is 2.29. The van der Waals surface area contributed by atoms with Crippen LogP contribution in [0.15, 0.2) is 53.4 Å². The number of carbonyl (C=O) groups is 2. The fourth-order valence-corrected chi connectivity index (χ4v) is 4.95. The van der Waals surface area contributed by atoms with E-state index in [9.17, 15) is 18.0 Å². The van der Waals surface area contributed by atoms with E-state index >= 15 is 0 Å². The van der Waals surface area contributed by atoms with E-state index in [0.29, 0.717) is 25.9 Å². The number of carboxylic acid groups (broad SMARTS) is 1. The number of methoxy groups -OCH3 is 1. The second-order valence-corrected chi connectivity index (χ2v) is 9.53. The summed E-state index contributed by atoms with van der Waals surface area (Å²) in [7, 11) is -1.07. The first kappa shape index (κ1) is 22.8. The summed E-state index contributed by atoms with van der Waals surface area (Å²) >= 11 is 0. The van der Waals surface area contributed by atoms with Crippen LogP contribution in [-0.2, 0) is 21.4 Å². The Kier molecular flexibility index (Phi) is 6.97. The monoisotopic (exact) mass is 446 g/mol. The minimum absolute atomic E-state index is 0.0836. The Bertz CT molecular complexity index is 1050. The number of piperidine rings is 1. The van der Waals surface area contributed by atoms with Crippen LogP contribution in [0.4, 0.5) is 0 Å². The van der Waals surface area contributed by atoms with Crippen LogP contribution in [0.5, 0.6) is 5.75 Å². The number of benzene rings is 2. The molecule has 0 atom stereocenters. The van der Waals surface area contributed by atoms with E-state index in [0.717, 1.165) is 5.56 Å². The van der Waals surface area contributed by atoms with E-state index in [2.05, 4.69) is 0 Å². The van der Waals surface area contributed by atoms with E-state index in [1.54, 1.807) is 4.90 Å². The van der Waals surface area contributed by atoms with Gasteiger partial charge in [-0.3, -0.25) is 9.59 Å². The molecule has 2 aromatic rings. The van der Waals surface area contributed by atoms with Gasteiger partial charge < -0.3 is 14.7 Å². The van der Waals surface area contributed by atoms with Crippen molar-refractivity contribution in [3.05, 3.63) is 59.7 Å². The van der Waals surface area contributed by atoms with Crippen LogP contribution < -0.4 is 4.74 Å². The number of ether oxygens (including phenoxy) is 1. The molecule has 0 radical (unpaired) electrons. The summed E-state index contributed by atoms with van der Waals surface area (Å²) in [6.45, 7) is 0.808. The Morgan fingerprint density at radius 1 is 1.13 bits per heavy atom. The first-order chi connectivity index (χ1) is 14.7. The highest BCUT2D eigenvalue weighted by atomic mass is 32.2. The fraction of sp³-hybridized carbons (Fsp3) is 0.364. The number of carboxylic acids is 1. The summed E-state index contributed by atoms with van der Waals surface area (Å²) in [6.07, 6.45) is 0.754. The molecule has 1 fully saturated rings. The molecule has 1 aliphatic rings. The summed E-state index contributed by atoms with van der Waals surface area (Å²) < 4.78 is 33.0. The maximum absolute atomic E-state index is 13.2. The molecule has 1 saturated heterocycles. The van der Waals surface area contributed by atoms with Gasteiger partial charge in [0, 0.05) is 32.2 Å². The molecule has 0 aromatic heterocycles. The second-order valence-electron chi connectivity index (χ2n) is 7.52. The van der Waals surface area contributed by atoms with Crippen LogP contribution in [0.2, 0.25) is 0 Å². The van der Waals surface area contributed by atoms with Crippen LogP contribution in [-0.4, -0.2) is 61.9 Å². The molecule has 0 bridgehead atoms. The van der Waals surface area contributed by atoms with Crippen molar-refractivity contribution in [3.8, 4) is 5.75 Å². The summed E-state index contributed by atoms with van der Waals surface area (Å²) in [4.78, 5) is 25.6. The third-order valence-electron chi connectivity index (χ3n) is 5.48. The molecule has 1 N–H and O–H groups in total. The zero-order valence-corrected chi connectivity index (χ0v) is 18.3. The Morgan fingerprint density at radius 3 is 2.35 bits per heavy atom. The van der Waals surface area contributed by atoms with Gasteiger partial charge in [0.25, 0.3) is 5.91 Å². The lowest BCUT2D eigenvalue weighted by molar-refractivity contribution is -0.143. The van der Waals surface area contributed by atoms with Crippen molar-refractivity contribution in [2.45, 2.75) is 24.3 Å². The maximum Gasteiger partial charge on any atom is 0.306 e. The van der Waals surface area contributed by atoms with Gasteiger partial charge in [-0.2, -0.15) is 4.31 Å². The quantitative estimate of drug-likeness (QED) is 0.701. The largest absolute Gasteiger partial charge is 0.495 e. The minimum atomic E-state index is -3.93. The summed E-state index contributed by atoms with van der Waals surface area (Å²) in [6, 6.07) is 13.5. The number of likely N-dealkylation sites (tertiary alicyclic amines) is 1. The van der Waals surface area contributed by atoms with Gasteiger partial charge in [-0.05, 0) is 36.6 Å². The van der Waals surface area contributed by atoms with Crippen molar-refractivity contribution in [2.75, 3.05) is 27.2 Å². The van der Waals surface area contributed by atoms with Gasteiger partial charge >= 0.3 is 5.97 Å². The maximum atomic E-state index is 13.2. The molecule has 8 nitrogen and oxygen atoms in total. The number of sulfonamides is 1. The molecule has 31 heavy (non-hydrogen) atoms. The van der Waals surface area contributed by atoms with Gasteiger partial charge in [0.15, 0.2) is 0 Å². The summed E-state index contributed by atoms with van der Waals surface area (Å²) in [5.74, 6) is -1.48. The normalized spacial score (nSPS) is 15.1. The average Bonchev–Trinajstić information content (AvgIpc) is 2.78. The van der Waals surface area contributed by atoms with E-state index in [4.69, 9.17) is 9.84 Å². The standard InChI is InChI=1S/C22H26N2O6S/c1-23(15-16-6-4-3-5-7-16)31(28,29)20-14-18(8-9-19(20)30-2)21(25)24-12-10-17(11-13-24)22(26)27/h3-9,14,17H,10-13,15H2,1-2H3,(H,26,27). The lowest BCUT2D eigenvalue weighted by Gasteiger charge is -2.30. The van der Waals surface area contributed by atoms with Crippen LogP contribution in [0, 0.1) is 5.92 Å². The fourth-order valence-electron chi connectivity index (χ4n) is 3.62. The summed E-state index contributed by atoms with van der Waals surface area (Å²) in [5.41, 5.74) is 1.06. The highest BCUT2D eigenvalue weighted by molar-refractivity contribution is 7.89. The lowest BCUT2D eigenvalue weighted by atomic mass is 9.96. The molecule has 0 spiro atoms. The number of amides is 1. The highest BCUT2D eigenvalue weighted by Gasteiger charge is 2.30. The van der Waals surface area contributed by atoms with Gasteiger partial charge in [0.05, 0.1) is 13.0 Å². The molecule has 1 heterocycles. The Morgan fingerprint density at radius 2 is 1.77 bits per heavy atom. The van der Waals surface area contributed by atoms with Crippen LogP contribution in [0.1, 0.15) is 28.8 Å². The van der Waals surface area contributed by atoms with Gasteiger partial charge in [-0.1, -0.05) is 30.3 Å². The molecule has 166 valence electrons. The topological polar surface area (TPSA) is 104 Å². The van der Waals surface area contributed by atoms with Crippen LogP contribution in [0.3, 0.4) is 0 Å². The van der Waals surface area contributed by atoms with Gasteiger partial charge in [-0.25, -0.2) is 8.42 Å². The van der Waals surface area contributed by atoms with E-state index in [1.807, 2.05) is 30.3 Å². The number of carbonyl (C=O) groups excluding carboxylic acids is 1. The van der Waals surface area contributed by atoms with Crippen molar-refractivity contribution >= 4 is 21.9 Å². The van der Waals surface area contributed by atoms with E-state index in [-0.39, 0.29) is 28.7 Å². The predicted octanol–water partition coefficient (Wildman–Crippen LogP) is 2.45. The van der Waals surface area contributed by atoms with Crippen molar-refractivity contribution in [1.29, 1.82) is 0 Å². The number of hydrogen-bond acceptors (Lipinski definition) is 5. The molecule has 3 rings (SSSR count). The van der Waals surface area contributed by atoms with Crippen molar-refractivity contribution < 1.29 is 27.9 Å². The molecule has 1 aliphatic heterocycles. The number of rotatable bonds is 7. The minimum Gasteiger partial charge on any atom is -0.495 e. The van der Waals surface area contributed by atoms with Crippen molar-refractivity contribution in [1.82, 2.24) is 9.21 Å². The zero-order valence-electron chi connectivity index (χ0n) is 17.5. The molecule has 9 heteroatoms. The summed E-state index contributed by atoms with van der Waals surface area (Å²) in [5, 5.41) is 9.13. The first-order valence-corrected chi connectivity index (χ1v) is 11.4. The zero-order chi connectivity index (χ0) is 22.6. The molecule has 0 unspecified atom stereocenters. The third-order valence-corrected chi connectivity index (χ3v) is 7.30. The van der Waals surface area contributed by atoms with Crippen molar-refractivity contribution in [2.24, 2.45) is 5.92 Å². The Labute approximate surface area is 182 Å². The van der Waals surface area contributed by atoms with E-state index in [1.165, 1.54) is 36.7 Å². The molecular weight excluding hydrogens is 420 g/mol. The average molecular weight is 447 g/mol. The Balaban J connectivity index is 1.84. The first-order valence-electron chi connectivity index (χ1n) is 9.94. The molecule has 2 aromatic carbocycles. The van der Waals surface area contributed by atoms with Crippen molar-refractivity contribution in [3.63, 3.8) is 0 Å². The number of nitrogens with zero attached hydrogens (tertiary/aromatic N) is 2. The van der Waals surface area contributed by atoms with E-state index < -0.39 is 21.9 Å². The van der Waals surface area contributed by atoms with Gasteiger partial charge in [-0.15, -0.1) is 0 Å². The molecular formula is C22H26N2O6S. The lowest BCUT2D eigenvalue weighted by Crippen LogP contribution is -2.40. The number of hydrogen-bond donors (Lipinski definition) is 1. The SMILES string of the molecule is COc1ccc(C(=O)N2CCC(C(=O)O)CC2)cc1S(=O)(=O)N(C)Cc1ccccc1. The van der Waals surface area contributed by atoms with Gasteiger partial charge in [0.1, 0.15) is 10.6 Å². The van der Waals surface area contributed by atoms with Gasteiger partial charge in [0.2, 0.25) is 10.0 Å². The number of aliphatic carboxylic acids is 1. The molecule has 0 saturated carbocycles. The third kappa shape index (κ3) is 5.05. The second kappa shape index (κ2) is 9.49. The van der Waals surface area contributed by atoms with Crippen LogP contribution in [0.25, 0.3) is 0 Å². The van der Waals surface area contributed by atoms with Crippen LogP contribution >= 0.6 is 0 Å². The molecule has 0 aliphatic carbocycles. The predicted molar refractivity (Wildman–Crippen MR) is 114 cm³/mol. The Hall–Kier alpha value is -2.91.